The van der Waals surface area contributed by atoms with Crippen molar-refractivity contribution >= 4 is 11.6 Å². The third-order valence-electron chi connectivity index (χ3n) is 2.87. The Morgan fingerprint density at radius 1 is 1.55 bits per heavy atom. The second kappa shape index (κ2) is 7.54. The molecule has 0 saturated carbocycles. The van der Waals surface area contributed by atoms with Crippen molar-refractivity contribution in [2.45, 2.75) is 19.8 Å². The van der Waals surface area contributed by atoms with Crippen molar-refractivity contribution in [3.8, 4) is 0 Å². The van der Waals surface area contributed by atoms with E-state index >= 15 is 0 Å². The summed E-state index contributed by atoms with van der Waals surface area (Å²) < 4.78 is 13.1. The predicted octanol–water partition coefficient (Wildman–Crippen LogP) is 1.87. The van der Waals surface area contributed by atoms with Gasteiger partial charge in [-0.3, -0.25) is 14.9 Å². The minimum absolute atomic E-state index is 0.0727. The van der Waals surface area contributed by atoms with E-state index in [9.17, 15) is 19.3 Å². The van der Waals surface area contributed by atoms with Gasteiger partial charge in [-0.1, -0.05) is 6.92 Å². The van der Waals surface area contributed by atoms with Crippen LogP contribution in [0.2, 0.25) is 0 Å². The zero-order valence-corrected chi connectivity index (χ0v) is 11.1. The lowest BCUT2D eigenvalue weighted by Gasteiger charge is -2.08. The number of nitrogens with one attached hydrogen (secondary N) is 1. The molecule has 0 aliphatic rings. The summed E-state index contributed by atoms with van der Waals surface area (Å²) in [5.74, 6) is -1.24. The lowest BCUT2D eigenvalue weighted by molar-refractivity contribution is -0.385. The first-order valence-corrected chi connectivity index (χ1v) is 6.28. The molecule has 1 amide bonds. The molecule has 0 aliphatic heterocycles. The van der Waals surface area contributed by atoms with Gasteiger partial charge in [-0.2, -0.15) is 0 Å². The van der Waals surface area contributed by atoms with Crippen LogP contribution in [0.15, 0.2) is 18.2 Å². The molecule has 7 heteroatoms. The maximum Gasteiger partial charge on any atom is 0.282 e. The summed E-state index contributed by atoms with van der Waals surface area (Å²) in [6.07, 6.45) is 1.36. The monoisotopic (exact) mass is 284 g/mol. The van der Waals surface area contributed by atoms with E-state index in [0.29, 0.717) is 13.0 Å². The van der Waals surface area contributed by atoms with Crippen LogP contribution in [0.3, 0.4) is 0 Å². The fourth-order valence-corrected chi connectivity index (χ4v) is 1.69. The number of benzene rings is 1. The maximum atomic E-state index is 13.1. The van der Waals surface area contributed by atoms with Gasteiger partial charge in [0.2, 0.25) is 0 Å². The van der Waals surface area contributed by atoms with Gasteiger partial charge in [0, 0.05) is 19.2 Å². The normalized spacial score (nSPS) is 11.9. The number of aliphatic hydroxyl groups excluding tert-OH is 1. The predicted molar refractivity (Wildman–Crippen MR) is 70.9 cm³/mol. The molecule has 0 aromatic heterocycles. The molecular formula is C13H17FN2O4. The summed E-state index contributed by atoms with van der Waals surface area (Å²) in [7, 11) is 0. The number of nitrogens with zero attached hydrogens (tertiary/aromatic N) is 1. The smallest absolute Gasteiger partial charge is 0.282 e. The minimum Gasteiger partial charge on any atom is -0.396 e. The topological polar surface area (TPSA) is 92.5 Å². The highest BCUT2D eigenvalue weighted by molar-refractivity contribution is 5.98. The third-order valence-corrected chi connectivity index (χ3v) is 2.87. The molecule has 1 rings (SSSR count). The Labute approximate surface area is 115 Å². The van der Waals surface area contributed by atoms with E-state index in [0.717, 1.165) is 24.6 Å². The van der Waals surface area contributed by atoms with Gasteiger partial charge in [0.15, 0.2) is 0 Å². The number of carbonyl (C=O) groups excluding carboxylic acids is 1. The highest BCUT2D eigenvalue weighted by Gasteiger charge is 2.20. The van der Waals surface area contributed by atoms with Crippen molar-refractivity contribution in [2.24, 2.45) is 5.92 Å². The van der Waals surface area contributed by atoms with Crippen LogP contribution in [0.5, 0.6) is 0 Å². The highest BCUT2D eigenvalue weighted by atomic mass is 19.1. The molecule has 0 aliphatic carbocycles. The average molecular weight is 284 g/mol. The molecule has 2 N–H and O–H groups in total. The van der Waals surface area contributed by atoms with Crippen LogP contribution in [-0.2, 0) is 0 Å². The summed E-state index contributed by atoms with van der Waals surface area (Å²) in [5, 5.41) is 22.1. The van der Waals surface area contributed by atoms with Gasteiger partial charge < -0.3 is 10.4 Å². The molecular weight excluding hydrogens is 267 g/mol. The summed E-state index contributed by atoms with van der Waals surface area (Å²) in [6.45, 7) is 2.26. The molecule has 0 fully saturated rings. The molecule has 20 heavy (non-hydrogen) atoms. The lowest BCUT2D eigenvalue weighted by Crippen LogP contribution is -2.25. The Bertz CT molecular complexity index is 493. The third kappa shape index (κ3) is 4.58. The van der Waals surface area contributed by atoms with Crippen LogP contribution in [0.25, 0.3) is 0 Å². The molecule has 1 unspecified atom stereocenters. The van der Waals surface area contributed by atoms with Crippen molar-refractivity contribution < 1.29 is 19.2 Å². The average Bonchev–Trinajstić information content (AvgIpc) is 2.42. The molecule has 0 bridgehead atoms. The molecule has 110 valence electrons. The van der Waals surface area contributed by atoms with Crippen molar-refractivity contribution in [1.82, 2.24) is 5.32 Å². The van der Waals surface area contributed by atoms with E-state index in [1.807, 2.05) is 6.92 Å². The van der Waals surface area contributed by atoms with Crippen LogP contribution in [0, 0.1) is 21.8 Å². The van der Waals surface area contributed by atoms with E-state index in [4.69, 9.17) is 5.11 Å². The number of amides is 1. The Morgan fingerprint density at radius 2 is 2.25 bits per heavy atom. The molecule has 1 aromatic carbocycles. The van der Waals surface area contributed by atoms with Crippen molar-refractivity contribution in [3.05, 3.63) is 39.7 Å². The zero-order valence-electron chi connectivity index (χ0n) is 11.1. The van der Waals surface area contributed by atoms with Gasteiger partial charge in [0.05, 0.1) is 4.92 Å². The molecule has 0 radical (unpaired) electrons. The van der Waals surface area contributed by atoms with E-state index in [1.165, 1.54) is 0 Å². The quantitative estimate of drug-likeness (QED) is 0.454. The van der Waals surface area contributed by atoms with Gasteiger partial charge in [0.1, 0.15) is 11.4 Å². The van der Waals surface area contributed by atoms with Crippen LogP contribution < -0.4 is 5.32 Å². The number of nitro benzene ring substituents is 1. The summed E-state index contributed by atoms with van der Waals surface area (Å²) in [6, 6.07) is 2.76. The second-order valence-corrected chi connectivity index (χ2v) is 4.60. The number of halogens is 1. The van der Waals surface area contributed by atoms with Gasteiger partial charge >= 0.3 is 0 Å². The minimum atomic E-state index is -0.720. The SMILES string of the molecule is CC(CO)CCCNC(=O)c1cc(F)ccc1[N+](=O)[O-]. The summed E-state index contributed by atoms with van der Waals surface area (Å²) in [5.41, 5.74) is -0.710. The Balaban J connectivity index is 2.63. The fraction of sp³-hybridized carbons (Fsp3) is 0.462. The van der Waals surface area contributed by atoms with Gasteiger partial charge in [-0.15, -0.1) is 0 Å². The molecule has 0 heterocycles. The number of carbonyl (C=O) groups is 1. The van der Waals surface area contributed by atoms with E-state index in [2.05, 4.69) is 5.32 Å². The number of hydrogen-bond acceptors (Lipinski definition) is 4. The molecule has 0 saturated heterocycles. The van der Waals surface area contributed by atoms with Crippen molar-refractivity contribution in [2.75, 3.05) is 13.2 Å². The van der Waals surface area contributed by atoms with E-state index in [-0.39, 0.29) is 18.1 Å². The highest BCUT2D eigenvalue weighted by Crippen LogP contribution is 2.19. The molecule has 6 nitrogen and oxygen atoms in total. The van der Waals surface area contributed by atoms with E-state index < -0.39 is 22.3 Å². The molecule has 1 aromatic rings. The number of rotatable bonds is 7. The van der Waals surface area contributed by atoms with Crippen LogP contribution in [0.1, 0.15) is 30.1 Å². The molecule has 0 spiro atoms. The maximum absolute atomic E-state index is 13.1. The van der Waals surface area contributed by atoms with Gasteiger partial charge in [-0.05, 0) is 30.9 Å². The van der Waals surface area contributed by atoms with Crippen molar-refractivity contribution in [1.29, 1.82) is 0 Å². The number of aliphatic hydroxyl groups is 1. The number of hydrogen-bond donors (Lipinski definition) is 2. The van der Waals surface area contributed by atoms with Gasteiger partial charge in [-0.25, -0.2) is 4.39 Å². The summed E-state index contributed by atoms with van der Waals surface area (Å²) >= 11 is 0. The van der Waals surface area contributed by atoms with Crippen molar-refractivity contribution in [3.63, 3.8) is 0 Å². The summed E-state index contributed by atoms with van der Waals surface area (Å²) in [4.78, 5) is 21.9. The van der Waals surface area contributed by atoms with Crippen LogP contribution >= 0.6 is 0 Å². The van der Waals surface area contributed by atoms with Crippen LogP contribution in [-0.4, -0.2) is 29.1 Å². The first kappa shape index (κ1) is 16.0. The first-order chi connectivity index (χ1) is 9.45. The van der Waals surface area contributed by atoms with Gasteiger partial charge in [0.25, 0.3) is 11.6 Å². The molecule has 1 atom stereocenters. The Morgan fingerprint density at radius 3 is 2.85 bits per heavy atom. The van der Waals surface area contributed by atoms with Crippen LogP contribution in [0.4, 0.5) is 10.1 Å². The Kier molecular flexibility index (Phi) is 6.05. The fourth-order valence-electron chi connectivity index (χ4n) is 1.69. The second-order valence-electron chi connectivity index (χ2n) is 4.60. The number of nitro groups is 1. The lowest BCUT2D eigenvalue weighted by atomic mass is 10.1. The zero-order chi connectivity index (χ0) is 15.1. The first-order valence-electron chi connectivity index (χ1n) is 6.28. The van der Waals surface area contributed by atoms with E-state index in [1.54, 1.807) is 0 Å². The largest absolute Gasteiger partial charge is 0.396 e. The Hall–Kier alpha value is -2.02. The standard InChI is InChI=1S/C13H17FN2O4/c1-9(8-17)3-2-6-15-13(18)11-7-10(14)4-5-12(11)16(19)20/h4-5,7,9,17H,2-3,6,8H2,1H3,(H,15,18).